The van der Waals surface area contributed by atoms with Crippen LogP contribution in [0.5, 0.6) is 0 Å². The number of benzene rings is 2. The van der Waals surface area contributed by atoms with E-state index < -0.39 is 0 Å². The molecule has 3 rings (SSSR count). The van der Waals surface area contributed by atoms with Gasteiger partial charge >= 0.3 is 0 Å². The monoisotopic (exact) mass is 313 g/mol. The molecule has 0 saturated heterocycles. The molecule has 2 aromatic carbocycles. The van der Waals surface area contributed by atoms with E-state index in [9.17, 15) is 0 Å². The maximum Gasteiger partial charge on any atom is 0.124 e. The Kier molecular flexibility index (Phi) is 3.20. The van der Waals surface area contributed by atoms with E-state index in [0.717, 1.165) is 20.8 Å². The Balaban J connectivity index is 2.19. The van der Waals surface area contributed by atoms with Crippen LogP contribution in [-0.4, -0.2) is 4.98 Å². The molecule has 0 saturated carbocycles. The average molecular weight is 315 g/mol. The maximum atomic E-state index is 6.15. The van der Waals surface area contributed by atoms with Crippen molar-refractivity contribution in [2.75, 3.05) is 0 Å². The van der Waals surface area contributed by atoms with Crippen LogP contribution in [0, 0.1) is 0 Å². The van der Waals surface area contributed by atoms with E-state index in [-0.39, 0.29) is 0 Å². The zero-order valence-corrected chi connectivity index (χ0v) is 12.0. The first-order chi connectivity index (χ1) is 8.63. The summed E-state index contributed by atoms with van der Waals surface area (Å²) in [6, 6.07) is 11.1. The zero-order chi connectivity index (χ0) is 12.7. The van der Waals surface area contributed by atoms with E-state index in [2.05, 4.69) is 4.98 Å². The van der Waals surface area contributed by atoms with Crippen LogP contribution < -0.4 is 0 Å². The second-order valence-corrected chi connectivity index (χ2v) is 6.04. The standard InChI is InChI=1S/C13H6Cl3NS/c14-8-3-1-7(2-4-8)13-17-11-6-9(15)5-10(16)12(11)18-13/h1-6H. The number of rotatable bonds is 1. The van der Waals surface area contributed by atoms with Crippen molar-refractivity contribution < 1.29 is 0 Å². The Morgan fingerprint density at radius 2 is 1.61 bits per heavy atom. The van der Waals surface area contributed by atoms with E-state index in [0.29, 0.717) is 15.1 Å². The Morgan fingerprint density at radius 1 is 0.889 bits per heavy atom. The molecule has 1 aromatic heterocycles. The van der Waals surface area contributed by atoms with Crippen molar-refractivity contribution >= 4 is 56.4 Å². The van der Waals surface area contributed by atoms with Crippen molar-refractivity contribution in [3.8, 4) is 10.6 Å². The number of nitrogens with zero attached hydrogens (tertiary/aromatic N) is 1. The highest BCUT2D eigenvalue weighted by molar-refractivity contribution is 7.22. The molecule has 0 aliphatic heterocycles. The zero-order valence-electron chi connectivity index (χ0n) is 8.95. The molecule has 0 bridgehead atoms. The highest BCUT2D eigenvalue weighted by Gasteiger charge is 2.10. The van der Waals surface area contributed by atoms with Crippen molar-refractivity contribution in [3.63, 3.8) is 0 Å². The van der Waals surface area contributed by atoms with Gasteiger partial charge in [-0.05, 0) is 24.3 Å². The Hall–Kier alpha value is -0.800. The van der Waals surface area contributed by atoms with Gasteiger partial charge in [-0.3, -0.25) is 0 Å². The molecule has 1 heterocycles. The van der Waals surface area contributed by atoms with Crippen LogP contribution in [0.15, 0.2) is 36.4 Å². The number of aromatic nitrogens is 1. The van der Waals surface area contributed by atoms with Crippen LogP contribution in [0.1, 0.15) is 0 Å². The Bertz CT molecular complexity index is 719. The first-order valence-corrected chi connectivity index (χ1v) is 7.10. The molecule has 90 valence electrons. The molecule has 0 amide bonds. The summed E-state index contributed by atoms with van der Waals surface area (Å²) < 4.78 is 0.950. The molecular weight excluding hydrogens is 309 g/mol. The molecular formula is C13H6Cl3NS. The molecule has 0 spiro atoms. The largest absolute Gasteiger partial charge is 0.236 e. The molecule has 0 unspecified atom stereocenters. The molecule has 0 aliphatic rings. The number of hydrogen-bond acceptors (Lipinski definition) is 2. The first kappa shape index (κ1) is 12.2. The summed E-state index contributed by atoms with van der Waals surface area (Å²) in [6.45, 7) is 0. The van der Waals surface area contributed by atoms with Crippen molar-refractivity contribution in [2.45, 2.75) is 0 Å². The minimum atomic E-state index is 0.598. The SMILES string of the molecule is Clc1ccc(-c2nc3cc(Cl)cc(Cl)c3s2)cc1. The minimum absolute atomic E-state index is 0.598. The predicted octanol–water partition coefficient (Wildman–Crippen LogP) is 5.92. The van der Waals surface area contributed by atoms with Gasteiger partial charge in [0.2, 0.25) is 0 Å². The van der Waals surface area contributed by atoms with Gasteiger partial charge in [0.25, 0.3) is 0 Å². The molecule has 0 fully saturated rings. The molecule has 5 heteroatoms. The number of hydrogen-bond donors (Lipinski definition) is 0. The number of thiazole rings is 1. The lowest BCUT2D eigenvalue weighted by molar-refractivity contribution is 1.48. The van der Waals surface area contributed by atoms with Crippen LogP contribution in [0.25, 0.3) is 20.8 Å². The molecule has 18 heavy (non-hydrogen) atoms. The van der Waals surface area contributed by atoms with Gasteiger partial charge in [-0.1, -0.05) is 46.9 Å². The van der Waals surface area contributed by atoms with E-state index in [4.69, 9.17) is 34.8 Å². The molecule has 3 aromatic rings. The van der Waals surface area contributed by atoms with Crippen LogP contribution in [0.3, 0.4) is 0 Å². The Labute approximate surface area is 123 Å². The van der Waals surface area contributed by atoms with Gasteiger partial charge in [0.05, 0.1) is 15.2 Å². The van der Waals surface area contributed by atoms with Crippen molar-refractivity contribution in [1.29, 1.82) is 0 Å². The average Bonchev–Trinajstić information content (AvgIpc) is 2.74. The lowest BCUT2D eigenvalue weighted by atomic mass is 10.2. The van der Waals surface area contributed by atoms with E-state index in [1.165, 1.54) is 0 Å². The second kappa shape index (κ2) is 4.71. The van der Waals surface area contributed by atoms with Crippen LogP contribution in [0.2, 0.25) is 15.1 Å². The maximum absolute atomic E-state index is 6.15. The molecule has 1 nitrogen and oxygen atoms in total. The number of halogens is 3. The summed E-state index contributed by atoms with van der Waals surface area (Å²) in [5, 5.41) is 2.85. The van der Waals surface area contributed by atoms with Gasteiger partial charge in [-0.2, -0.15) is 0 Å². The van der Waals surface area contributed by atoms with Gasteiger partial charge in [0.1, 0.15) is 5.01 Å². The lowest BCUT2D eigenvalue weighted by Gasteiger charge is -1.94. The van der Waals surface area contributed by atoms with Gasteiger partial charge in [0.15, 0.2) is 0 Å². The second-order valence-electron chi connectivity index (χ2n) is 3.76. The summed E-state index contributed by atoms with van der Waals surface area (Å²) in [7, 11) is 0. The quantitative estimate of drug-likeness (QED) is 0.543. The van der Waals surface area contributed by atoms with Gasteiger partial charge in [-0.15, -0.1) is 11.3 Å². The third-order valence-electron chi connectivity index (χ3n) is 2.50. The molecule has 0 radical (unpaired) electrons. The molecule has 0 atom stereocenters. The summed E-state index contributed by atoms with van der Waals surface area (Å²) in [5.74, 6) is 0. The fraction of sp³-hybridized carbons (Fsp3) is 0. The molecule has 0 N–H and O–H groups in total. The summed E-state index contributed by atoms with van der Waals surface area (Å²) in [4.78, 5) is 4.54. The van der Waals surface area contributed by atoms with E-state index in [1.807, 2.05) is 30.3 Å². The first-order valence-electron chi connectivity index (χ1n) is 5.15. The fourth-order valence-electron chi connectivity index (χ4n) is 1.68. The van der Waals surface area contributed by atoms with E-state index >= 15 is 0 Å². The third kappa shape index (κ3) is 2.21. The summed E-state index contributed by atoms with van der Waals surface area (Å²) in [5.41, 5.74) is 1.84. The van der Waals surface area contributed by atoms with Crippen molar-refractivity contribution in [1.82, 2.24) is 4.98 Å². The van der Waals surface area contributed by atoms with Crippen molar-refractivity contribution in [2.24, 2.45) is 0 Å². The van der Waals surface area contributed by atoms with Crippen LogP contribution >= 0.6 is 46.1 Å². The van der Waals surface area contributed by atoms with Crippen LogP contribution in [0.4, 0.5) is 0 Å². The number of fused-ring (bicyclic) bond motifs is 1. The fourth-order valence-corrected chi connectivity index (χ4v) is 3.36. The minimum Gasteiger partial charge on any atom is -0.236 e. The highest BCUT2D eigenvalue weighted by atomic mass is 35.5. The highest BCUT2D eigenvalue weighted by Crippen LogP contribution is 2.36. The van der Waals surface area contributed by atoms with Gasteiger partial charge < -0.3 is 0 Å². The summed E-state index contributed by atoms with van der Waals surface area (Å²) >= 11 is 19.5. The van der Waals surface area contributed by atoms with Gasteiger partial charge in [0, 0.05) is 15.6 Å². The predicted molar refractivity (Wildman–Crippen MR) is 80.1 cm³/mol. The van der Waals surface area contributed by atoms with Crippen molar-refractivity contribution in [3.05, 3.63) is 51.5 Å². The topological polar surface area (TPSA) is 12.9 Å². The summed E-state index contributed by atoms with van der Waals surface area (Å²) in [6.07, 6.45) is 0. The lowest BCUT2D eigenvalue weighted by Crippen LogP contribution is -1.75. The molecule has 0 aliphatic carbocycles. The van der Waals surface area contributed by atoms with Gasteiger partial charge in [-0.25, -0.2) is 4.98 Å². The van der Waals surface area contributed by atoms with Crippen LogP contribution in [-0.2, 0) is 0 Å². The third-order valence-corrected chi connectivity index (χ3v) is 4.53. The smallest absolute Gasteiger partial charge is 0.124 e. The van der Waals surface area contributed by atoms with E-state index in [1.54, 1.807) is 17.4 Å². The Morgan fingerprint density at radius 3 is 2.33 bits per heavy atom. The normalized spacial score (nSPS) is 11.1.